The minimum absolute atomic E-state index is 0. The van der Waals surface area contributed by atoms with Crippen molar-refractivity contribution < 1.29 is 4.79 Å². The van der Waals surface area contributed by atoms with Crippen molar-refractivity contribution in [2.24, 2.45) is 0 Å². The van der Waals surface area contributed by atoms with Crippen LogP contribution in [0.5, 0.6) is 0 Å². The molecule has 1 heterocycles. The van der Waals surface area contributed by atoms with Crippen LogP contribution >= 0.6 is 0 Å². The van der Waals surface area contributed by atoms with Gasteiger partial charge in [0.1, 0.15) is 0 Å². The molecular weight excluding hydrogens is 97.0 g/mol. The summed E-state index contributed by atoms with van der Waals surface area (Å²) in [6.07, 6.45) is 1.81. The molecule has 0 atom stereocenters. The number of nitrogens with zero attached hydrogens (tertiary/aromatic N) is 1. The number of amides is 1. The predicted molar refractivity (Wildman–Crippen MR) is 32.6 cm³/mol. The molecule has 1 aliphatic heterocycles. The molecule has 8 heavy (non-hydrogen) atoms. The van der Waals surface area contributed by atoms with Crippen LogP contribution in [-0.4, -0.2) is 43.3 Å². The van der Waals surface area contributed by atoms with Crippen LogP contribution in [0.3, 0.4) is 0 Å². The smallest absolute Gasteiger partial charge is 0.222 e. The minimum atomic E-state index is 0. The number of carbonyl (C=O) groups excluding carboxylic acids is 1. The van der Waals surface area contributed by atoms with Crippen LogP contribution in [0.4, 0.5) is 0 Å². The van der Waals surface area contributed by atoms with Gasteiger partial charge in [0.05, 0.1) is 0 Å². The van der Waals surface area contributed by atoms with Crippen molar-refractivity contribution in [1.29, 1.82) is 0 Å². The van der Waals surface area contributed by atoms with Gasteiger partial charge in [-0.1, -0.05) is 0 Å². The zero-order valence-corrected chi connectivity index (χ0v) is 5.48. The van der Waals surface area contributed by atoms with E-state index in [1.165, 1.54) is 0 Å². The van der Waals surface area contributed by atoms with Gasteiger partial charge in [0.15, 0.2) is 0 Å². The third-order valence-corrected chi connectivity index (χ3v) is 1.31. The summed E-state index contributed by atoms with van der Waals surface area (Å²) < 4.78 is 0. The van der Waals surface area contributed by atoms with Gasteiger partial charge in [-0.25, -0.2) is 0 Å². The molecule has 1 aliphatic rings. The Bertz CT molecular complexity index is 94.4. The average Bonchev–Trinajstić information content (AvgIpc) is 1.91. The summed E-state index contributed by atoms with van der Waals surface area (Å²) in [6, 6.07) is 0. The van der Waals surface area contributed by atoms with Crippen LogP contribution in [0.25, 0.3) is 0 Å². The molecule has 3 heteroatoms. The average molecular weight is 106 g/mol. The van der Waals surface area contributed by atoms with Gasteiger partial charge >= 0.3 is 0 Å². The summed E-state index contributed by atoms with van der Waals surface area (Å²) in [5.41, 5.74) is 0. The van der Waals surface area contributed by atoms with Gasteiger partial charge in [0.25, 0.3) is 0 Å². The fraction of sp³-hybridized carbons (Fsp3) is 0.800. The Hall–Kier alpha value is 0.0674. The minimum Gasteiger partial charge on any atom is -0.346 e. The quantitative estimate of drug-likeness (QED) is 0.393. The molecule has 0 saturated carbocycles. The Kier molecular flexibility index (Phi) is 3.19. The van der Waals surface area contributed by atoms with Crippen molar-refractivity contribution >= 4 is 24.8 Å². The Balaban J connectivity index is 0.000000490. The Morgan fingerprint density at radius 2 is 2.25 bits per heavy atom. The van der Waals surface area contributed by atoms with E-state index in [2.05, 4.69) is 0 Å². The normalized spacial score (nSPS) is 18.6. The second kappa shape index (κ2) is 3.16. The summed E-state index contributed by atoms with van der Waals surface area (Å²) >= 11 is 0. The van der Waals surface area contributed by atoms with Crippen LogP contribution < -0.4 is 0 Å². The molecule has 0 N–H and O–H groups in total. The molecule has 0 unspecified atom stereocenters. The van der Waals surface area contributed by atoms with E-state index >= 15 is 0 Å². The van der Waals surface area contributed by atoms with E-state index in [0.717, 1.165) is 19.4 Å². The van der Waals surface area contributed by atoms with E-state index in [4.69, 9.17) is 0 Å². The maximum Gasteiger partial charge on any atom is 0.222 e. The summed E-state index contributed by atoms with van der Waals surface area (Å²) in [5, 5.41) is 0. The molecule has 0 aromatic rings. The first kappa shape index (κ1) is 8.07. The first-order valence-electron chi connectivity index (χ1n) is 2.54. The number of hydrogen-bond acceptors (Lipinski definition) is 1. The first-order chi connectivity index (χ1) is 3.30. The molecule has 1 fully saturated rings. The van der Waals surface area contributed by atoms with Gasteiger partial charge in [0.2, 0.25) is 5.91 Å². The summed E-state index contributed by atoms with van der Waals surface area (Å²) in [4.78, 5) is 12.3. The van der Waals surface area contributed by atoms with Crippen molar-refractivity contribution in [2.75, 3.05) is 13.6 Å². The Labute approximate surface area is 61.4 Å². The second-order valence-corrected chi connectivity index (χ2v) is 1.92. The van der Waals surface area contributed by atoms with E-state index in [1.54, 1.807) is 4.90 Å². The molecule has 41 valence electrons. The number of carbonyl (C=O) groups is 1. The van der Waals surface area contributed by atoms with E-state index in [-0.39, 0.29) is 18.9 Å². The van der Waals surface area contributed by atoms with E-state index in [0.29, 0.717) is 5.91 Å². The molecular formula is C5H9LiNO. The standard InChI is InChI=1S/C5H9NO.Li/c1-6-4-2-3-5(6)7;/h2-4H2,1H3;. The van der Waals surface area contributed by atoms with Crippen molar-refractivity contribution in [3.63, 3.8) is 0 Å². The topological polar surface area (TPSA) is 20.3 Å². The number of likely N-dealkylation sites (tertiary alicyclic amines) is 1. The van der Waals surface area contributed by atoms with Gasteiger partial charge in [-0.15, -0.1) is 0 Å². The van der Waals surface area contributed by atoms with Gasteiger partial charge in [-0.2, -0.15) is 0 Å². The van der Waals surface area contributed by atoms with Crippen LogP contribution in [0, 0.1) is 0 Å². The van der Waals surface area contributed by atoms with Gasteiger partial charge in [0, 0.05) is 38.9 Å². The van der Waals surface area contributed by atoms with Crippen LogP contribution in [0.2, 0.25) is 0 Å². The van der Waals surface area contributed by atoms with Gasteiger partial charge < -0.3 is 4.90 Å². The molecule has 1 amide bonds. The van der Waals surface area contributed by atoms with Crippen LogP contribution in [-0.2, 0) is 4.79 Å². The van der Waals surface area contributed by atoms with E-state index in [9.17, 15) is 4.79 Å². The van der Waals surface area contributed by atoms with Crippen LogP contribution in [0.1, 0.15) is 12.8 Å². The summed E-state index contributed by atoms with van der Waals surface area (Å²) in [7, 11) is 1.84. The summed E-state index contributed by atoms with van der Waals surface area (Å²) in [6.45, 7) is 0.957. The molecule has 0 aromatic heterocycles. The Morgan fingerprint density at radius 1 is 1.62 bits per heavy atom. The van der Waals surface area contributed by atoms with E-state index < -0.39 is 0 Å². The summed E-state index contributed by atoms with van der Waals surface area (Å²) in [5.74, 6) is 0.292. The third-order valence-electron chi connectivity index (χ3n) is 1.31. The molecule has 1 saturated heterocycles. The monoisotopic (exact) mass is 106 g/mol. The second-order valence-electron chi connectivity index (χ2n) is 1.92. The van der Waals surface area contributed by atoms with E-state index in [1.807, 2.05) is 7.05 Å². The fourth-order valence-corrected chi connectivity index (χ4v) is 0.783. The molecule has 2 nitrogen and oxygen atoms in total. The largest absolute Gasteiger partial charge is 0.346 e. The third kappa shape index (κ3) is 1.54. The first-order valence-corrected chi connectivity index (χ1v) is 2.54. The van der Waals surface area contributed by atoms with Gasteiger partial charge in [-0.3, -0.25) is 4.79 Å². The van der Waals surface area contributed by atoms with Crippen LogP contribution in [0.15, 0.2) is 0 Å². The van der Waals surface area contributed by atoms with Crippen molar-refractivity contribution in [3.05, 3.63) is 0 Å². The molecule has 0 aromatic carbocycles. The Morgan fingerprint density at radius 3 is 2.38 bits per heavy atom. The zero-order valence-electron chi connectivity index (χ0n) is 5.48. The number of rotatable bonds is 0. The fourth-order valence-electron chi connectivity index (χ4n) is 0.783. The van der Waals surface area contributed by atoms with Crippen molar-refractivity contribution in [2.45, 2.75) is 12.8 Å². The maximum atomic E-state index is 10.5. The SMILES string of the molecule is CN1CCCC1=O.[Li]. The molecule has 0 aliphatic carbocycles. The molecule has 1 radical (unpaired) electrons. The predicted octanol–water partition coefficient (Wildman–Crippen LogP) is -0.142. The van der Waals surface area contributed by atoms with Gasteiger partial charge in [-0.05, 0) is 6.42 Å². The molecule has 0 bridgehead atoms. The maximum absolute atomic E-state index is 10.5. The zero-order chi connectivity index (χ0) is 5.28. The number of hydrogen-bond donors (Lipinski definition) is 0. The van der Waals surface area contributed by atoms with Crippen molar-refractivity contribution in [3.8, 4) is 0 Å². The van der Waals surface area contributed by atoms with Crippen molar-refractivity contribution in [1.82, 2.24) is 4.90 Å². The molecule has 0 spiro atoms. The molecule has 1 rings (SSSR count).